The van der Waals surface area contributed by atoms with Crippen LogP contribution in [0.15, 0.2) is 47.4 Å². The molecule has 0 bridgehead atoms. The Labute approximate surface area is 168 Å². The fraction of sp³-hybridized carbons (Fsp3) is 0.250. The van der Waals surface area contributed by atoms with Crippen molar-refractivity contribution in [2.45, 2.75) is 31.1 Å². The van der Waals surface area contributed by atoms with Gasteiger partial charge >= 0.3 is 29.6 Å². The summed E-state index contributed by atoms with van der Waals surface area (Å²) in [5, 5.41) is 19.7. The van der Waals surface area contributed by atoms with Crippen molar-refractivity contribution < 1.29 is 47.6 Å². The Bertz CT molecular complexity index is 882. The average Bonchev–Trinajstić information content (AvgIpc) is 3.01. The van der Waals surface area contributed by atoms with Crippen LogP contribution >= 0.6 is 0 Å². The largest absolute Gasteiger partial charge is 1.00 e. The maximum absolute atomic E-state index is 10.9. The Hall–Kier alpha value is -1.45. The van der Waals surface area contributed by atoms with Crippen LogP contribution in [-0.4, -0.2) is 33.5 Å². The molecule has 1 aromatic heterocycles. The van der Waals surface area contributed by atoms with Gasteiger partial charge in [-0.3, -0.25) is 0 Å². The number of nitrogens with zero attached hydrogens (tertiary/aromatic N) is 2. The molecule has 3 rings (SSSR count). The van der Waals surface area contributed by atoms with Crippen LogP contribution in [0.25, 0.3) is 11.0 Å². The molecule has 1 heterocycles. The third-order valence-electron chi connectivity index (χ3n) is 3.35. The number of rotatable bonds is 4. The molecule has 9 heteroatoms. The van der Waals surface area contributed by atoms with Gasteiger partial charge in [0, 0.05) is 0 Å². The van der Waals surface area contributed by atoms with E-state index < -0.39 is 20.8 Å². The molecular formula is C16H18N3NaO4S. The standard InChI is InChI=1S/C10H14O4S.C6H5N3.Na/c1-2-3-5-8-6-4-7-9(11)10(8)15(12,13)14;1-2-4-6-5(3-1)7-9-8-6;/h4,6-7,11H,2-3,5H2,1H3,(H,12,13,14);1-4H,(H,7,8,9);/q;;+1/p-1. The van der Waals surface area contributed by atoms with Crippen molar-refractivity contribution in [3.05, 3.63) is 48.0 Å². The number of hydrogen-bond donors (Lipinski definition) is 2. The number of phenols is 1. The number of H-pyrrole nitrogens is 1. The number of fused-ring (bicyclic) bond motifs is 1. The Balaban J connectivity index is 0.000000266. The monoisotopic (exact) mass is 371 g/mol. The molecule has 0 fully saturated rings. The zero-order valence-corrected chi connectivity index (χ0v) is 17.0. The van der Waals surface area contributed by atoms with E-state index in [0.717, 1.165) is 23.9 Å². The van der Waals surface area contributed by atoms with E-state index in [-0.39, 0.29) is 29.6 Å². The van der Waals surface area contributed by atoms with Crippen LogP contribution in [0.5, 0.6) is 5.75 Å². The Kier molecular flexibility index (Phi) is 8.54. The van der Waals surface area contributed by atoms with Crippen molar-refractivity contribution in [1.82, 2.24) is 15.4 Å². The van der Waals surface area contributed by atoms with Crippen molar-refractivity contribution in [2.24, 2.45) is 0 Å². The third kappa shape index (κ3) is 6.09. The summed E-state index contributed by atoms with van der Waals surface area (Å²) in [6.45, 7) is 1.97. The molecule has 0 atom stereocenters. The fourth-order valence-electron chi connectivity index (χ4n) is 2.21. The normalized spacial score (nSPS) is 10.6. The summed E-state index contributed by atoms with van der Waals surface area (Å²) in [6, 6.07) is 12.0. The van der Waals surface area contributed by atoms with Gasteiger partial charge in [-0.2, -0.15) is 15.4 Å². The van der Waals surface area contributed by atoms with Crippen LogP contribution in [-0.2, 0) is 16.5 Å². The molecule has 0 aliphatic heterocycles. The molecule has 7 nitrogen and oxygen atoms in total. The number of benzene rings is 2. The van der Waals surface area contributed by atoms with Crippen molar-refractivity contribution in [2.75, 3.05) is 0 Å². The predicted octanol–water partition coefficient (Wildman–Crippen LogP) is -0.399. The van der Waals surface area contributed by atoms with Crippen molar-refractivity contribution in [3.8, 4) is 5.75 Å². The van der Waals surface area contributed by atoms with Gasteiger partial charge in [-0.05, 0) is 36.6 Å². The van der Waals surface area contributed by atoms with E-state index >= 15 is 0 Å². The van der Waals surface area contributed by atoms with Crippen LogP contribution in [0.1, 0.15) is 25.3 Å². The molecule has 0 aliphatic carbocycles. The molecule has 0 radical (unpaired) electrons. The van der Waals surface area contributed by atoms with Crippen LogP contribution in [0.4, 0.5) is 0 Å². The second-order valence-electron chi connectivity index (χ2n) is 5.14. The third-order valence-corrected chi connectivity index (χ3v) is 4.32. The number of aromatic amines is 1. The van der Waals surface area contributed by atoms with Crippen LogP contribution in [0, 0.1) is 0 Å². The zero-order chi connectivity index (χ0) is 17.6. The molecule has 0 unspecified atom stereocenters. The van der Waals surface area contributed by atoms with Gasteiger partial charge in [0.2, 0.25) is 0 Å². The minimum atomic E-state index is -4.59. The van der Waals surface area contributed by atoms with E-state index in [9.17, 15) is 18.1 Å². The topological polar surface area (TPSA) is 119 Å². The van der Waals surface area contributed by atoms with E-state index in [4.69, 9.17) is 0 Å². The molecular weight excluding hydrogens is 353 g/mol. The van der Waals surface area contributed by atoms with Gasteiger partial charge in [0.1, 0.15) is 26.9 Å². The van der Waals surface area contributed by atoms with E-state index in [1.54, 1.807) is 6.07 Å². The Morgan fingerprint density at radius 1 is 1.08 bits per heavy atom. The number of phenolic OH excluding ortho intramolecular Hbond substituents is 1. The molecule has 0 amide bonds. The average molecular weight is 371 g/mol. The van der Waals surface area contributed by atoms with E-state index in [0.29, 0.717) is 12.0 Å². The van der Waals surface area contributed by atoms with Crippen LogP contribution in [0.2, 0.25) is 0 Å². The van der Waals surface area contributed by atoms with Gasteiger partial charge in [0.15, 0.2) is 0 Å². The van der Waals surface area contributed by atoms with Gasteiger partial charge in [-0.15, -0.1) is 0 Å². The zero-order valence-electron chi connectivity index (χ0n) is 14.1. The molecule has 25 heavy (non-hydrogen) atoms. The molecule has 0 aliphatic rings. The SMILES string of the molecule is CCCCc1cccc(O)c1S(=O)(=O)[O-].[Na+].c1ccc2n[nH]nc2c1. The summed E-state index contributed by atoms with van der Waals surface area (Å²) >= 11 is 0. The molecule has 2 N–H and O–H groups in total. The minimum absolute atomic E-state index is 0. The molecule has 3 aromatic rings. The first-order valence-corrected chi connectivity index (χ1v) is 8.86. The maximum Gasteiger partial charge on any atom is 1.00 e. The number of unbranched alkanes of at least 4 members (excludes halogenated alkanes) is 1. The predicted molar refractivity (Wildman–Crippen MR) is 88.6 cm³/mol. The number of aromatic hydroxyl groups is 1. The van der Waals surface area contributed by atoms with Crippen molar-refractivity contribution in [3.63, 3.8) is 0 Å². The number of para-hydroxylation sites is 2. The van der Waals surface area contributed by atoms with Crippen LogP contribution < -0.4 is 29.6 Å². The van der Waals surface area contributed by atoms with Gasteiger partial charge in [0.05, 0.1) is 4.90 Å². The first-order chi connectivity index (χ1) is 11.4. The number of nitrogens with one attached hydrogen (secondary N) is 1. The van der Waals surface area contributed by atoms with Gasteiger partial charge in [-0.25, -0.2) is 8.42 Å². The van der Waals surface area contributed by atoms with E-state index in [1.165, 1.54) is 12.1 Å². The number of hydrogen-bond acceptors (Lipinski definition) is 6. The molecule has 128 valence electrons. The van der Waals surface area contributed by atoms with Crippen molar-refractivity contribution in [1.29, 1.82) is 0 Å². The smallest absolute Gasteiger partial charge is 0.744 e. The first kappa shape index (κ1) is 21.6. The van der Waals surface area contributed by atoms with Gasteiger partial charge in [0.25, 0.3) is 0 Å². The van der Waals surface area contributed by atoms with E-state index in [1.807, 2.05) is 31.2 Å². The van der Waals surface area contributed by atoms with Gasteiger partial charge in [-0.1, -0.05) is 37.6 Å². The second-order valence-corrected chi connectivity index (χ2v) is 6.45. The van der Waals surface area contributed by atoms with E-state index in [2.05, 4.69) is 15.4 Å². The molecule has 2 aromatic carbocycles. The number of aryl methyl sites for hydroxylation is 1. The minimum Gasteiger partial charge on any atom is -0.744 e. The summed E-state index contributed by atoms with van der Waals surface area (Å²) < 4.78 is 32.8. The van der Waals surface area contributed by atoms with Crippen molar-refractivity contribution >= 4 is 21.2 Å². The first-order valence-electron chi connectivity index (χ1n) is 7.45. The summed E-state index contributed by atoms with van der Waals surface area (Å²) in [5.74, 6) is -0.460. The Morgan fingerprint density at radius 2 is 1.68 bits per heavy atom. The molecule has 0 saturated carbocycles. The number of aromatic nitrogens is 3. The van der Waals surface area contributed by atoms with Gasteiger partial charge < -0.3 is 9.66 Å². The fourth-order valence-corrected chi connectivity index (χ4v) is 3.03. The Morgan fingerprint density at radius 3 is 2.20 bits per heavy atom. The molecule has 0 spiro atoms. The summed E-state index contributed by atoms with van der Waals surface area (Å²) in [7, 11) is -4.59. The maximum atomic E-state index is 10.9. The summed E-state index contributed by atoms with van der Waals surface area (Å²) in [4.78, 5) is -0.474. The second kappa shape index (κ2) is 9.88. The van der Waals surface area contributed by atoms with Crippen LogP contribution in [0.3, 0.4) is 0 Å². The summed E-state index contributed by atoms with van der Waals surface area (Å²) in [6.07, 6.45) is 2.17. The quantitative estimate of drug-likeness (QED) is 0.476. The summed E-state index contributed by atoms with van der Waals surface area (Å²) in [5.41, 5.74) is 2.22. The molecule has 0 saturated heterocycles.